The molecule has 36 heavy (non-hydrogen) atoms. The minimum Gasteiger partial charge on any atom is -0.333 e. The molecule has 5 rings (SSSR count). The van der Waals surface area contributed by atoms with Crippen LogP contribution in [0, 0.1) is 12.7 Å². The van der Waals surface area contributed by atoms with E-state index in [0.29, 0.717) is 22.3 Å². The lowest BCUT2D eigenvalue weighted by Crippen LogP contribution is -2.22. The van der Waals surface area contributed by atoms with Gasteiger partial charge in [-0.05, 0) is 61.4 Å². The largest absolute Gasteiger partial charge is 0.333 e. The Bertz CT molecular complexity index is 1640. The van der Waals surface area contributed by atoms with Crippen LogP contribution in [0.2, 0.25) is 0 Å². The first-order chi connectivity index (χ1) is 17.4. The Labute approximate surface area is 205 Å². The third-order valence-electron chi connectivity index (χ3n) is 5.81. The molecular weight excluding hydrogens is 461 g/mol. The first-order valence-electron chi connectivity index (χ1n) is 11.4. The predicted octanol–water partition coefficient (Wildman–Crippen LogP) is 4.76. The van der Waals surface area contributed by atoms with Gasteiger partial charge in [-0.1, -0.05) is 30.3 Å². The maximum absolute atomic E-state index is 13.3. The van der Waals surface area contributed by atoms with Gasteiger partial charge in [0.25, 0.3) is 5.89 Å². The Hall–Kier alpha value is -4.66. The highest BCUT2D eigenvalue weighted by molar-refractivity contribution is 5.92. The van der Waals surface area contributed by atoms with E-state index in [4.69, 9.17) is 4.52 Å². The number of anilines is 1. The van der Waals surface area contributed by atoms with Gasteiger partial charge in [-0.25, -0.2) is 9.37 Å². The van der Waals surface area contributed by atoms with E-state index in [1.807, 2.05) is 38.1 Å². The SMILES string of the molecule is CCc1ccccc1NC(=O)Cn1cc(-c2nc(-c3ccc(F)cc3)no2)c(=O)c2ccc(C)nc21. The van der Waals surface area contributed by atoms with Gasteiger partial charge in [-0.15, -0.1) is 0 Å². The second kappa shape index (κ2) is 9.53. The van der Waals surface area contributed by atoms with Crippen molar-refractivity contribution >= 4 is 22.6 Å². The summed E-state index contributed by atoms with van der Waals surface area (Å²) >= 11 is 0. The number of halogens is 1. The minimum absolute atomic E-state index is 0.00714. The molecule has 180 valence electrons. The van der Waals surface area contributed by atoms with Gasteiger partial charge in [0.15, 0.2) is 0 Å². The molecule has 0 aliphatic heterocycles. The van der Waals surface area contributed by atoms with E-state index in [-0.39, 0.29) is 41.0 Å². The van der Waals surface area contributed by atoms with Gasteiger partial charge in [0, 0.05) is 23.1 Å². The first-order valence-corrected chi connectivity index (χ1v) is 11.4. The maximum Gasteiger partial charge on any atom is 0.263 e. The molecule has 3 aromatic heterocycles. The molecule has 8 nitrogen and oxygen atoms in total. The number of aryl methyl sites for hydroxylation is 2. The quantitative estimate of drug-likeness (QED) is 0.374. The second-order valence-corrected chi connectivity index (χ2v) is 8.31. The van der Waals surface area contributed by atoms with Crippen LogP contribution >= 0.6 is 0 Å². The summed E-state index contributed by atoms with van der Waals surface area (Å²) in [6, 6.07) is 16.6. The monoisotopic (exact) mass is 483 g/mol. The molecule has 0 unspecified atom stereocenters. The smallest absolute Gasteiger partial charge is 0.263 e. The van der Waals surface area contributed by atoms with Crippen LogP contribution < -0.4 is 10.7 Å². The molecule has 0 bridgehead atoms. The third-order valence-corrected chi connectivity index (χ3v) is 5.81. The van der Waals surface area contributed by atoms with E-state index >= 15 is 0 Å². The van der Waals surface area contributed by atoms with Crippen LogP contribution in [-0.2, 0) is 17.8 Å². The Morgan fingerprint density at radius 3 is 2.61 bits per heavy atom. The third kappa shape index (κ3) is 4.50. The predicted molar refractivity (Wildman–Crippen MR) is 134 cm³/mol. The zero-order chi connectivity index (χ0) is 25.2. The molecule has 0 saturated carbocycles. The Morgan fingerprint density at radius 1 is 1.06 bits per heavy atom. The van der Waals surface area contributed by atoms with E-state index in [9.17, 15) is 14.0 Å². The highest BCUT2D eigenvalue weighted by Crippen LogP contribution is 2.23. The van der Waals surface area contributed by atoms with E-state index < -0.39 is 0 Å². The van der Waals surface area contributed by atoms with Crippen molar-refractivity contribution in [3.8, 4) is 22.8 Å². The average Bonchev–Trinajstić information content (AvgIpc) is 3.36. The lowest BCUT2D eigenvalue weighted by atomic mass is 10.1. The number of pyridine rings is 2. The topological polar surface area (TPSA) is 103 Å². The number of nitrogens with zero attached hydrogens (tertiary/aromatic N) is 4. The fourth-order valence-electron chi connectivity index (χ4n) is 3.98. The molecule has 1 amide bonds. The molecule has 0 fully saturated rings. The number of amides is 1. The molecule has 0 aliphatic carbocycles. The summed E-state index contributed by atoms with van der Waals surface area (Å²) in [6.45, 7) is 3.74. The van der Waals surface area contributed by atoms with Crippen molar-refractivity contribution in [3.63, 3.8) is 0 Å². The number of hydrogen-bond acceptors (Lipinski definition) is 6. The van der Waals surface area contributed by atoms with Crippen molar-refractivity contribution in [2.75, 3.05) is 5.32 Å². The van der Waals surface area contributed by atoms with Crippen LogP contribution in [0.3, 0.4) is 0 Å². The number of hydrogen-bond donors (Lipinski definition) is 1. The highest BCUT2D eigenvalue weighted by atomic mass is 19.1. The molecule has 5 aromatic rings. The summed E-state index contributed by atoms with van der Waals surface area (Å²) in [6.07, 6.45) is 2.28. The van der Waals surface area contributed by atoms with Crippen molar-refractivity contribution in [1.82, 2.24) is 19.7 Å². The van der Waals surface area contributed by atoms with Crippen molar-refractivity contribution in [1.29, 1.82) is 0 Å². The molecular formula is C27H22FN5O3. The summed E-state index contributed by atoms with van der Waals surface area (Å²) in [5, 5.41) is 7.21. The number of rotatable bonds is 6. The summed E-state index contributed by atoms with van der Waals surface area (Å²) in [5.74, 6) is -0.450. The number of carbonyl (C=O) groups is 1. The normalized spacial score (nSPS) is 11.1. The fraction of sp³-hybridized carbons (Fsp3) is 0.148. The van der Waals surface area contributed by atoms with Gasteiger partial charge >= 0.3 is 0 Å². The molecule has 0 spiro atoms. The van der Waals surface area contributed by atoms with Crippen molar-refractivity contribution < 1.29 is 13.7 Å². The highest BCUT2D eigenvalue weighted by Gasteiger charge is 2.19. The Morgan fingerprint density at radius 2 is 1.83 bits per heavy atom. The molecule has 0 saturated heterocycles. The van der Waals surface area contributed by atoms with Crippen LogP contribution in [0.25, 0.3) is 33.9 Å². The molecule has 0 aliphatic rings. The van der Waals surface area contributed by atoms with Crippen molar-refractivity contribution in [2.24, 2.45) is 0 Å². The van der Waals surface area contributed by atoms with Gasteiger partial charge in [0.1, 0.15) is 23.6 Å². The van der Waals surface area contributed by atoms with E-state index in [1.165, 1.54) is 30.5 Å². The fourth-order valence-corrected chi connectivity index (χ4v) is 3.98. The standard InChI is InChI=1S/C27H22FN5O3/c1-3-17-6-4-5-7-22(17)30-23(34)15-33-14-21(24(35)20-13-8-16(2)29-26(20)33)27-31-25(32-36-27)18-9-11-19(28)12-10-18/h4-14H,3,15H2,1-2H3,(H,30,34). The van der Waals surface area contributed by atoms with Crippen LogP contribution in [0.4, 0.5) is 10.1 Å². The van der Waals surface area contributed by atoms with Crippen LogP contribution in [0.15, 0.2) is 76.2 Å². The average molecular weight is 484 g/mol. The van der Waals surface area contributed by atoms with Crippen LogP contribution in [-0.4, -0.2) is 25.6 Å². The van der Waals surface area contributed by atoms with Gasteiger partial charge in [-0.3, -0.25) is 9.59 Å². The van der Waals surface area contributed by atoms with Crippen LogP contribution in [0.5, 0.6) is 0 Å². The Balaban J connectivity index is 1.55. The zero-order valence-electron chi connectivity index (χ0n) is 19.7. The zero-order valence-corrected chi connectivity index (χ0v) is 19.7. The van der Waals surface area contributed by atoms with Gasteiger partial charge in [0.2, 0.25) is 17.2 Å². The lowest BCUT2D eigenvalue weighted by molar-refractivity contribution is -0.116. The minimum atomic E-state index is -0.387. The number of carbonyl (C=O) groups excluding carboxylic acids is 1. The summed E-state index contributed by atoms with van der Waals surface area (Å²) in [7, 11) is 0. The number of aromatic nitrogens is 4. The van der Waals surface area contributed by atoms with E-state index in [0.717, 1.165) is 17.7 Å². The lowest BCUT2D eigenvalue weighted by Gasteiger charge is -2.14. The number of para-hydroxylation sites is 1. The molecule has 3 heterocycles. The van der Waals surface area contributed by atoms with Crippen LogP contribution in [0.1, 0.15) is 18.2 Å². The Kier molecular flexibility index (Phi) is 6.12. The molecule has 1 N–H and O–H groups in total. The van der Waals surface area contributed by atoms with Gasteiger partial charge in [0.05, 0.1) is 5.39 Å². The summed E-state index contributed by atoms with van der Waals surface area (Å²) < 4.78 is 20.3. The molecule has 0 atom stereocenters. The number of fused-ring (bicyclic) bond motifs is 1. The van der Waals surface area contributed by atoms with E-state index in [1.54, 1.807) is 16.7 Å². The maximum atomic E-state index is 13.3. The second-order valence-electron chi connectivity index (χ2n) is 8.31. The summed E-state index contributed by atoms with van der Waals surface area (Å²) in [4.78, 5) is 35.2. The molecule has 0 radical (unpaired) electrons. The van der Waals surface area contributed by atoms with Crippen molar-refractivity contribution in [3.05, 3.63) is 94.2 Å². The van der Waals surface area contributed by atoms with Gasteiger partial charge < -0.3 is 14.4 Å². The first kappa shape index (κ1) is 23.1. The number of benzene rings is 2. The summed E-state index contributed by atoms with van der Waals surface area (Å²) in [5.41, 5.74) is 3.16. The van der Waals surface area contributed by atoms with Crippen molar-refractivity contribution in [2.45, 2.75) is 26.8 Å². The molecule has 2 aromatic carbocycles. The van der Waals surface area contributed by atoms with Gasteiger partial charge in [-0.2, -0.15) is 4.98 Å². The number of nitrogens with one attached hydrogen (secondary N) is 1. The molecule has 9 heteroatoms. The van der Waals surface area contributed by atoms with E-state index in [2.05, 4.69) is 20.4 Å².